The van der Waals surface area contributed by atoms with Crippen LogP contribution in [0.3, 0.4) is 0 Å². The van der Waals surface area contributed by atoms with Crippen LogP contribution in [0, 0.1) is 17.6 Å². The van der Waals surface area contributed by atoms with Gasteiger partial charge >= 0.3 is 0 Å². The second-order valence-corrected chi connectivity index (χ2v) is 17.1. The third-order valence-corrected chi connectivity index (χ3v) is 11.8. The lowest BCUT2D eigenvalue weighted by molar-refractivity contribution is -0.122. The van der Waals surface area contributed by atoms with E-state index >= 15 is 13.6 Å². The molecule has 4 aromatic heterocycles. The summed E-state index contributed by atoms with van der Waals surface area (Å²) < 4.78 is 121. The first-order valence-electron chi connectivity index (χ1n) is 18.3. The van der Waals surface area contributed by atoms with E-state index in [1.807, 2.05) is 0 Å². The zero-order valence-electron chi connectivity index (χ0n) is 31.5. The zero-order valence-corrected chi connectivity index (χ0v) is 33.1. The van der Waals surface area contributed by atoms with Crippen LogP contribution in [0.5, 0.6) is 0 Å². The van der Waals surface area contributed by atoms with Crippen LogP contribution in [0.25, 0.3) is 38.8 Å². The van der Waals surface area contributed by atoms with Gasteiger partial charge in [0.2, 0.25) is 15.9 Å². The molecular formula is C39H29ClF6N10O4S. The fraction of sp³-hybridized carbons (Fsp3) is 0.256. The maximum Gasteiger partial charge on any atom is 0.293 e. The highest BCUT2D eigenvalue weighted by Gasteiger charge is 2.67. The van der Waals surface area contributed by atoms with Crippen molar-refractivity contribution in [1.29, 1.82) is 0 Å². The van der Waals surface area contributed by atoms with Crippen LogP contribution >= 0.6 is 11.6 Å². The van der Waals surface area contributed by atoms with E-state index in [0.29, 0.717) is 22.0 Å². The van der Waals surface area contributed by atoms with Crippen LogP contribution in [-0.4, -0.2) is 59.7 Å². The topological polar surface area (TPSA) is 186 Å². The number of nitrogens with zero attached hydrogens (tertiary/aromatic N) is 8. The van der Waals surface area contributed by atoms with Crippen LogP contribution < -0.4 is 16.0 Å². The number of aromatic nitrogens is 8. The summed E-state index contributed by atoms with van der Waals surface area (Å²) in [6, 6.07) is 7.32. The Balaban J connectivity index is 1.40. The minimum atomic E-state index is -3.96. The van der Waals surface area contributed by atoms with Gasteiger partial charge in [0.25, 0.3) is 17.9 Å². The molecule has 0 aliphatic heterocycles. The molecule has 2 aliphatic rings. The smallest absolute Gasteiger partial charge is 0.293 e. The van der Waals surface area contributed by atoms with Crippen molar-refractivity contribution >= 4 is 55.2 Å². The first-order valence-corrected chi connectivity index (χ1v) is 20.6. The normalized spacial score (nSPS) is 17.7. The summed E-state index contributed by atoms with van der Waals surface area (Å²) in [6.45, 7) is 0. The number of hydrogen-bond donors (Lipinski definition) is 2. The van der Waals surface area contributed by atoms with Crippen molar-refractivity contribution in [3.63, 3.8) is 0 Å². The van der Waals surface area contributed by atoms with E-state index < -0.39 is 98.5 Å². The number of alkyl halides is 4. The van der Waals surface area contributed by atoms with Gasteiger partial charge in [-0.05, 0) is 60.7 Å². The number of carbonyl (C=O) groups is 1. The number of anilines is 1. The molecule has 3 aromatic carbocycles. The number of sulfonamides is 1. The Labute approximate surface area is 345 Å². The lowest BCUT2D eigenvalue weighted by atomic mass is 9.89. The number of hydrogen-bond acceptors (Lipinski definition) is 9. The number of halogens is 7. The van der Waals surface area contributed by atoms with Gasteiger partial charge in [0.05, 0.1) is 56.6 Å². The number of primary amides is 1. The van der Waals surface area contributed by atoms with E-state index in [4.69, 9.17) is 22.3 Å². The molecule has 7 aromatic rings. The molecule has 0 spiro atoms. The van der Waals surface area contributed by atoms with E-state index in [2.05, 4.69) is 24.9 Å². The average Bonchev–Trinajstić information content (AvgIpc) is 3.71. The predicted molar refractivity (Wildman–Crippen MR) is 209 cm³/mol. The van der Waals surface area contributed by atoms with Gasteiger partial charge in [-0.1, -0.05) is 17.7 Å². The average molecular weight is 883 g/mol. The number of nitrogens with one attached hydrogen (secondary N) is 1. The summed E-state index contributed by atoms with van der Waals surface area (Å²) in [5, 5.41) is 8.13. The number of rotatable bonds is 11. The van der Waals surface area contributed by atoms with E-state index in [0.717, 1.165) is 23.0 Å². The second kappa shape index (κ2) is 14.1. The second-order valence-electron chi connectivity index (χ2n) is 15.0. The molecule has 4 atom stereocenters. The van der Waals surface area contributed by atoms with Crippen molar-refractivity contribution in [3.8, 4) is 16.9 Å². The Hall–Kier alpha value is -6.35. The van der Waals surface area contributed by atoms with Crippen molar-refractivity contribution in [2.45, 2.75) is 43.1 Å². The fourth-order valence-corrected chi connectivity index (χ4v) is 9.25. The molecule has 9 rings (SSSR count). The molecule has 61 heavy (non-hydrogen) atoms. The first kappa shape index (κ1) is 40.1. The Morgan fingerprint density at radius 1 is 1.07 bits per heavy atom. The summed E-state index contributed by atoms with van der Waals surface area (Å²) >= 11 is 6.63. The molecule has 1 fully saturated rings. The lowest BCUT2D eigenvalue weighted by Gasteiger charge is -2.30. The van der Waals surface area contributed by atoms with Gasteiger partial charge in [-0.3, -0.25) is 33.5 Å². The van der Waals surface area contributed by atoms with Gasteiger partial charge in [-0.2, -0.15) is 19.0 Å². The van der Waals surface area contributed by atoms with Crippen molar-refractivity contribution in [1.82, 2.24) is 39.1 Å². The summed E-state index contributed by atoms with van der Waals surface area (Å²) in [6.07, 6.45) is 1.04. The van der Waals surface area contributed by atoms with Gasteiger partial charge in [0.1, 0.15) is 34.9 Å². The van der Waals surface area contributed by atoms with E-state index in [1.165, 1.54) is 54.6 Å². The molecule has 0 radical (unpaired) electrons. The zero-order chi connectivity index (χ0) is 43.4. The third kappa shape index (κ3) is 6.65. The van der Waals surface area contributed by atoms with Gasteiger partial charge in [-0.15, -0.1) is 0 Å². The van der Waals surface area contributed by atoms with E-state index in [1.54, 1.807) is 6.07 Å². The van der Waals surface area contributed by atoms with Crippen molar-refractivity contribution in [3.05, 3.63) is 122 Å². The molecule has 0 saturated heterocycles. The highest BCUT2D eigenvalue weighted by atomic mass is 35.5. The molecular weight excluding hydrogens is 854 g/mol. The lowest BCUT2D eigenvalue weighted by Crippen LogP contribution is -2.39. The number of carbonyl (C=O) groups excluding carboxylic acids is 1. The molecule has 3 N–H and O–H groups in total. The van der Waals surface area contributed by atoms with Crippen molar-refractivity contribution < 1.29 is 39.6 Å². The van der Waals surface area contributed by atoms with Crippen molar-refractivity contribution in [2.24, 2.45) is 18.7 Å². The number of benzene rings is 3. The van der Waals surface area contributed by atoms with Crippen LogP contribution in [-0.2, 0) is 34.2 Å². The Kier molecular flexibility index (Phi) is 9.27. The van der Waals surface area contributed by atoms with Crippen LogP contribution in [0.15, 0.2) is 71.9 Å². The van der Waals surface area contributed by atoms with Gasteiger partial charge < -0.3 is 5.73 Å². The van der Waals surface area contributed by atoms with Gasteiger partial charge in [0.15, 0.2) is 5.82 Å². The van der Waals surface area contributed by atoms with Crippen LogP contribution in [0.2, 0.25) is 5.02 Å². The number of amides is 1. The molecule has 1 saturated carbocycles. The molecule has 314 valence electrons. The molecule has 1 unspecified atom stereocenters. The highest BCUT2D eigenvalue weighted by Crippen LogP contribution is 2.68. The quantitative estimate of drug-likeness (QED) is 0.138. The molecule has 4 heterocycles. The maximum absolute atomic E-state index is 16.2. The summed E-state index contributed by atoms with van der Waals surface area (Å²) in [5.74, 6) is -12.1. The summed E-state index contributed by atoms with van der Waals surface area (Å²) in [7, 11) is -2.55. The summed E-state index contributed by atoms with van der Waals surface area (Å²) in [4.78, 5) is 42.3. The summed E-state index contributed by atoms with van der Waals surface area (Å²) in [5.41, 5.74) is 3.31. The third-order valence-electron chi connectivity index (χ3n) is 11.0. The van der Waals surface area contributed by atoms with Gasteiger partial charge in [0, 0.05) is 42.6 Å². The standard InChI is InChI=1S/C39H29ClF6N10O4S/c1-54-32-27(6-5-24(40)29(32)36(52-54)53-61(2,59)60)55-37(50-25-12-17(3-4-20(25)38(55)58)26-15-48-7-8-49-26)22(11-16-9-18(41)13-19(42)10-16)31(35(47)57)56-33-28(30(51-56)34(43)44)21-14-23(21)39(33,45)46/h3-10,12-13,15,21-23,31,34H,11,14H2,1-2H3,(H2,47,57)(H,52,53)/t21-,22-,23+,31?/m0/s1. The Bertz CT molecular complexity index is 3140. The van der Waals surface area contributed by atoms with Crippen molar-refractivity contribution in [2.75, 3.05) is 11.0 Å². The molecule has 1 amide bonds. The largest absolute Gasteiger partial charge is 0.368 e. The molecule has 2 aliphatic carbocycles. The number of aryl methyl sites for hydroxylation is 1. The van der Waals surface area contributed by atoms with E-state index in [9.17, 15) is 30.8 Å². The maximum atomic E-state index is 16.2. The minimum Gasteiger partial charge on any atom is -0.368 e. The molecule has 14 nitrogen and oxygen atoms in total. The van der Waals surface area contributed by atoms with Crippen LogP contribution in [0.1, 0.15) is 59.1 Å². The SMILES string of the molecule is Cn1nc(NS(C)(=O)=O)c2c(Cl)ccc(-n3c([C@@H](Cc4cc(F)cc(F)c4)C(C(N)=O)n4nc(C(F)F)c5c4C(F)(F)[C@@H]4C[C@H]54)nc4cc(-c5cnccn5)ccc4c3=O)c21. The monoisotopic (exact) mass is 882 g/mol. The highest BCUT2D eigenvalue weighted by molar-refractivity contribution is 7.92. The fourth-order valence-electron chi connectivity index (χ4n) is 8.51. The molecule has 0 bridgehead atoms. The van der Waals surface area contributed by atoms with E-state index in [-0.39, 0.29) is 50.3 Å². The number of fused-ring (bicyclic) bond motifs is 5. The predicted octanol–water partition coefficient (Wildman–Crippen LogP) is 6.43. The Morgan fingerprint density at radius 2 is 1.80 bits per heavy atom. The minimum absolute atomic E-state index is 0.00331. The first-order chi connectivity index (χ1) is 28.8. The molecule has 22 heteroatoms. The number of nitrogens with two attached hydrogens (primary N) is 1. The van der Waals surface area contributed by atoms with Gasteiger partial charge in [-0.25, -0.2) is 35.6 Å². The Morgan fingerprint density at radius 3 is 2.46 bits per heavy atom. The van der Waals surface area contributed by atoms with Crippen LogP contribution in [0.4, 0.5) is 32.2 Å².